The quantitative estimate of drug-likeness (QED) is 0.0262. The van der Waals surface area contributed by atoms with Crippen molar-refractivity contribution in [1.82, 2.24) is 0 Å². The van der Waals surface area contributed by atoms with Gasteiger partial charge in [0.25, 0.3) is 0 Å². The molecule has 0 heterocycles. The van der Waals surface area contributed by atoms with Crippen molar-refractivity contribution in [3.05, 3.63) is 48.6 Å². The predicted octanol–water partition coefficient (Wildman–Crippen LogP) is 17.9. The van der Waals surface area contributed by atoms with Crippen LogP contribution in [0.25, 0.3) is 0 Å². The molecule has 6 nitrogen and oxygen atoms in total. The van der Waals surface area contributed by atoms with Gasteiger partial charge in [-0.25, -0.2) is 0 Å². The van der Waals surface area contributed by atoms with Gasteiger partial charge in [-0.1, -0.05) is 223 Å². The summed E-state index contributed by atoms with van der Waals surface area (Å²) in [5.41, 5.74) is 0. The highest BCUT2D eigenvalue weighted by Gasteiger charge is 2.19. The third-order valence-corrected chi connectivity index (χ3v) is 11.8. The molecule has 0 aromatic carbocycles. The van der Waals surface area contributed by atoms with E-state index in [-0.39, 0.29) is 31.1 Å². The van der Waals surface area contributed by atoms with Crippen LogP contribution < -0.4 is 0 Å². The molecule has 0 spiro atoms. The molecule has 0 fully saturated rings. The molecule has 6 heteroatoms. The zero-order valence-electron chi connectivity index (χ0n) is 41.8. The van der Waals surface area contributed by atoms with E-state index in [1.165, 1.54) is 148 Å². The van der Waals surface area contributed by atoms with Crippen molar-refractivity contribution in [2.45, 2.75) is 284 Å². The molecule has 0 bridgehead atoms. The molecule has 0 saturated heterocycles. The topological polar surface area (TPSA) is 78.9 Å². The zero-order chi connectivity index (χ0) is 45.8. The maximum Gasteiger partial charge on any atom is 0.306 e. The van der Waals surface area contributed by atoms with Crippen LogP contribution in [-0.2, 0) is 28.6 Å². The number of carbonyl (C=O) groups is 3. The molecule has 0 N–H and O–H groups in total. The Hall–Kier alpha value is -2.63. The van der Waals surface area contributed by atoms with Gasteiger partial charge in [0.1, 0.15) is 13.2 Å². The Morgan fingerprint density at radius 3 is 0.905 bits per heavy atom. The van der Waals surface area contributed by atoms with Crippen molar-refractivity contribution in [2.24, 2.45) is 0 Å². The molecular formula is C57H102O6. The van der Waals surface area contributed by atoms with Crippen LogP contribution in [0.2, 0.25) is 0 Å². The van der Waals surface area contributed by atoms with Crippen LogP contribution in [0.15, 0.2) is 48.6 Å². The average molecular weight is 883 g/mol. The third-order valence-electron chi connectivity index (χ3n) is 11.8. The van der Waals surface area contributed by atoms with E-state index >= 15 is 0 Å². The lowest BCUT2D eigenvalue weighted by molar-refractivity contribution is -0.167. The highest BCUT2D eigenvalue weighted by atomic mass is 16.6. The van der Waals surface area contributed by atoms with Gasteiger partial charge in [0.05, 0.1) is 0 Å². The smallest absolute Gasteiger partial charge is 0.306 e. The molecule has 366 valence electrons. The number of allylic oxidation sites excluding steroid dienone is 8. The first-order valence-electron chi connectivity index (χ1n) is 27.1. The Morgan fingerprint density at radius 1 is 0.317 bits per heavy atom. The first-order chi connectivity index (χ1) is 31.0. The van der Waals surface area contributed by atoms with Crippen LogP contribution in [0.3, 0.4) is 0 Å². The molecule has 0 aliphatic rings. The van der Waals surface area contributed by atoms with E-state index in [1.807, 2.05) is 0 Å². The van der Waals surface area contributed by atoms with Crippen LogP contribution in [0.1, 0.15) is 278 Å². The summed E-state index contributed by atoms with van der Waals surface area (Å²) in [6.45, 7) is 6.60. The number of rotatable bonds is 49. The zero-order valence-corrected chi connectivity index (χ0v) is 41.8. The van der Waals surface area contributed by atoms with Gasteiger partial charge in [0.2, 0.25) is 0 Å². The number of esters is 3. The van der Waals surface area contributed by atoms with Crippen molar-refractivity contribution < 1.29 is 28.6 Å². The molecule has 1 unspecified atom stereocenters. The standard InChI is InChI=1S/C57H102O6/c1-4-7-10-13-16-19-21-23-25-26-27-28-29-30-32-33-35-38-41-44-47-50-56(59)62-53-54(52-61-55(58)49-46-43-40-37-18-15-12-9-6-3)63-57(60)51-48-45-42-39-36-34-31-24-22-20-17-14-11-8-5-2/h21,23-24,26-27,29-31,54H,4-20,22,25,28,32-53H2,1-3H3/b23-21-,27-26-,30-29-,31-24-. The third kappa shape index (κ3) is 50.2. The van der Waals surface area contributed by atoms with E-state index < -0.39 is 6.10 Å². The van der Waals surface area contributed by atoms with Crippen LogP contribution in [-0.4, -0.2) is 37.2 Å². The molecule has 0 amide bonds. The normalized spacial score (nSPS) is 12.4. The molecule has 0 rings (SSSR count). The second kappa shape index (κ2) is 52.0. The lowest BCUT2D eigenvalue weighted by Gasteiger charge is -2.18. The van der Waals surface area contributed by atoms with Gasteiger partial charge in [0, 0.05) is 19.3 Å². The Labute approximate surface area is 390 Å². The Morgan fingerprint density at radius 2 is 0.571 bits per heavy atom. The average Bonchev–Trinajstić information content (AvgIpc) is 3.28. The minimum absolute atomic E-state index is 0.0789. The van der Waals surface area contributed by atoms with Crippen molar-refractivity contribution in [3.63, 3.8) is 0 Å². The van der Waals surface area contributed by atoms with Crippen LogP contribution in [0.5, 0.6) is 0 Å². The number of hydrogen-bond donors (Lipinski definition) is 0. The van der Waals surface area contributed by atoms with Crippen LogP contribution in [0, 0.1) is 0 Å². The van der Waals surface area contributed by atoms with E-state index in [2.05, 4.69) is 69.4 Å². The Balaban J connectivity index is 4.31. The van der Waals surface area contributed by atoms with Crippen molar-refractivity contribution in [3.8, 4) is 0 Å². The van der Waals surface area contributed by atoms with Gasteiger partial charge in [-0.2, -0.15) is 0 Å². The van der Waals surface area contributed by atoms with Crippen molar-refractivity contribution >= 4 is 17.9 Å². The Bertz CT molecular complexity index is 1110. The SMILES string of the molecule is CCCCCCC/C=C\C/C=C\C/C=C\CCCCCCCCC(=O)OCC(COC(=O)CCCCCCCCCCC)OC(=O)CCCCCCC/C=C\CCCCCCCC. The summed E-state index contributed by atoms with van der Waals surface area (Å²) in [6, 6.07) is 0. The minimum atomic E-state index is -0.779. The lowest BCUT2D eigenvalue weighted by atomic mass is 10.1. The van der Waals surface area contributed by atoms with Gasteiger partial charge in [0.15, 0.2) is 6.10 Å². The maximum absolute atomic E-state index is 12.8. The maximum atomic E-state index is 12.8. The molecule has 0 aromatic rings. The fourth-order valence-corrected chi connectivity index (χ4v) is 7.68. The molecule has 1 atom stereocenters. The van der Waals surface area contributed by atoms with Gasteiger partial charge < -0.3 is 14.2 Å². The fourth-order valence-electron chi connectivity index (χ4n) is 7.68. The first-order valence-corrected chi connectivity index (χ1v) is 27.1. The highest BCUT2D eigenvalue weighted by Crippen LogP contribution is 2.15. The van der Waals surface area contributed by atoms with Gasteiger partial charge >= 0.3 is 17.9 Å². The summed E-state index contributed by atoms with van der Waals surface area (Å²) in [4.78, 5) is 37.9. The second-order valence-electron chi connectivity index (χ2n) is 18.1. The summed E-state index contributed by atoms with van der Waals surface area (Å²) >= 11 is 0. The molecule has 63 heavy (non-hydrogen) atoms. The van der Waals surface area contributed by atoms with Gasteiger partial charge in [-0.05, 0) is 83.5 Å². The lowest BCUT2D eigenvalue weighted by Crippen LogP contribution is -2.30. The summed E-state index contributed by atoms with van der Waals surface area (Å²) in [6.07, 6.45) is 62.4. The van der Waals surface area contributed by atoms with Crippen LogP contribution >= 0.6 is 0 Å². The number of hydrogen-bond acceptors (Lipinski definition) is 6. The summed E-state index contributed by atoms with van der Waals surface area (Å²) in [7, 11) is 0. The molecule has 0 aliphatic heterocycles. The molecular weight excluding hydrogens is 781 g/mol. The van der Waals surface area contributed by atoms with E-state index in [4.69, 9.17) is 14.2 Å². The molecule has 0 radical (unpaired) electrons. The summed E-state index contributed by atoms with van der Waals surface area (Å²) in [5.74, 6) is -0.895. The number of ether oxygens (including phenoxy) is 3. The van der Waals surface area contributed by atoms with Gasteiger partial charge in [-0.15, -0.1) is 0 Å². The van der Waals surface area contributed by atoms with Crippen LogP contribution in [0.4, 0.5) is 0 Å². The first kappa shape index (κ1) is 60.4. The van der Waals surface area contributed by atoms with Gasteiger partial charge in [-0.3, -0.25) is 14.4 Å². The molecule has 0 saturated carbocycles. The largest absolute Gasteiger partial charge is 0.462 e. The summed E-state index contributed by atoms with van der Waals surface area (Å²) in [5, 5.41) is 0. The predicted molar refractivity (Wildman–Crippen MR) is 270 cm³/mol. The van der Waals surface area contributed by atoms with E-state index in [9.17, 15) is 14.4 Å². The Kier molecular flexibility index (Phi) is 49.8. The number of carbonyl (C=O) groups excluding carboxylic acids is 3. The molecule has 0 aliphatic carbocycles. The highest BCUT2D eigenvalue weighted by molar-refractivity contribution is 5.71. The molecule has 0 aromatic heterocycles. The fraction of sp³-hybridized carbons (Fsp3) is 0.807. The summed E-state index contributed by atoms with van der Waals surface area (Å²) < 4.78 is 16.8. The number of unbranched alkanes of at least 4 members (excludes halogenated alkanes) is 30. The van der Waals surface area contributed by atoms with E-state index in [0.29, 0.717) is 19.3 Å². The van der Waals surface area contributed by atoms with Crippen molar-refractivity contribution in [1.29, 1.82) is 0 Å². The van der Waals surface area contributed by atoms with E-state index in [0.717, 1.165) is 89.9 Å². The van der Waals surface area contributed by atoms with Crippen molar-refractivity contribution in [2.75, 3.05) is 13.2 Å². The monoisotopic (exact) mass is 883 g/mol. The second-order valence-corrected chi connectivity index (χ2v) is 18.1. The minimum Gasteiger partial charge on any atom is -0.462 e. The van der Waals surface area contributed by atoms with E-state index in [1.54, 1.807) is 0 Å².